The largest absolute Gasteiger partial charge is 0.465 e. The van der Waals surface area contributed by atoms with E-state index in [1.54, 1.807) is 42.5 Å². The number of nitrogens with one attached hydrogen (secondary N) is 1. The maximum atomic E-state index is 13.0. The van der Waals surface area contributed by atoms with Gasteiger partial charge in [-0.3, -0.25) is 4.79 Å². The molecule has 0 radical (unpaired) electrons. The van der Waals surface area contributed by atoms with E-state index in [2.05, 4.69) is 5.32 Å². The lowest BCUT2D eigenvalue weighted by Crippen LogP contribution is -2.30. The average Bonchev–Trinajstić information content (AvgIpc) is 3.22. The molecule has 2 aromatic carbocycles. The van der Waals surface area contributed by atoms with Crippen LogP contribution in [-0.4, -0.2) is 29.6 Å². The van der Waals surface area contributed by atoms with Gasteiger partial charge in [0, 0.05) is 22.1 Å². The summed E-state index contributed by atoms with van der Waals surface area (Å²) in [5, 5.41) is 3.07. The van der Waals surface area contributed by atoms with Gasteiger partial charge in [-0.15, -0.1) is 0 Å². The Balaban J connectivity index is 1.73. The van der Waals surface area contributed by atoms with Crippen LogP contribution >= 0.6 is 11.6 Å². The van der Waals surface area contributed by atoms with Gasteiger partial charge in [-0.25, -0.2) is 14.5 Å². The van der Waals surface area contributed by atoms with E-state index >= 15 is 0 Å². The fourth-order valence-corrected chi connectivity index (χ4v) is 4.12. The molecule has 1 saturated heterocycles. The van der Waals surface area contributed by atoms with E-state index in [-0.39, 0.29) is 5.70 Å². The molecule has 3 aromatic rings. The number of ether oxygens (including phenoxy) is 1. The molecule has 3 amide bonds. The summed E-state index contributed by atoms with van der Waals surface area (Å²) in [6.45, 7) is 5.81. The predicted molar refractivity (Wildman–Crippen MR) is 127 cm³/mol. The Morgan fingerprint density at radius 1 is 1.06 bits per heavy atom. The first-order valence-corrected chi connectivity index (χ1v) is 10.6. The highest BCUT2D eigenvalue weighted by Gasteiger charge is 2.35. The minimum Gasteiger partial charge on any atom is -0.465 e. The van der Waals surface area contributed by atoms with Crippen molar-refractivity contribution in [2.45, 2.75) is 20.8 Å². The van der Waals surface area contributed by atoms with Gasteiger partial charge in [0.25, 0.3) is 5.91 Å². The molecule has 4 rings (SSSR count). The summed E-state index contributed by atoms with van der Waals surface area (Å²) < 4.78 is 6.85. The molecule has 33 heavy (non-hydrogen) atoms. The van der Waals surface area contributed by atoms with Gasteiger partial charge in [-0.05, 0) is 74.4 Å². The van der Waals surface area contributed by atoms with Gasteiger partial charge in [-0.2, -0.15) is 0 Å². The zero-order valence-electron chi connectivity index (χ0n) is 18.6. The summed E-state index contributed by atoms with van der Waals surface area (Å²) in [5.74, 6) is -0.877. The van der Waals surface area contributed by atoms with E-state index < -0.39 is 17.9 Å². The van der Waals surface area contributed by atoms with Gasteiger partial charge in [0.1, 0.15) is 5.70 Å². The molecule has 0 bridgehead atoms. The second kappa shape index (κ2) is 8.60. The molecule has 8 heteroatoms. The number of esters is 1. The van der Waals surface area contributed by atoms with Crippen LogP contribution in [0, 0.1) is 20.8 Å². The maximum Gasteiger partial charge on any atom is 0.337 e. The fourth-order valence-electron chi connectivity index (χ4n) is 3.94. The second-order valence-electron chi connectivity index (χ2n) is 7.76. The lowest BCUT2D eigenvalue weighted by Gasteiger charge is -2.14. The number of aryl methyl sites for hydroxylation is 2. The maximum absolute atomic E-state index is 13.0. The topological polar surface area (TPSA) is 80.6 Å². The van der Waals surface area contributed by atoms with Crippen LogP contribution in [0.5, 0.6) is 0 Å². The lowest BCUT2D eigenvalue weighted by molar-refractivity contribution is -0.113. The summed E-state index contributed by atoms with van der Waals surface area (Å²) in [6, 6.07) is 13.3. The Kier molecular flexibility index (Phi) is 5.82. The normalized spacial score (nSPS) is 14.7. The average molecular weight is 464 g/mol. The number of rotatable bonds is 4. The number of hydrogen-bond donors (Lipinski definition) is 1. The summed E-state index contributed by atoms with van der Waals surface area (Å²) in [4.78, 5) is 38.6. The van der Waals surface area contributed by atoms with Gasteiger partial charge < -0.3 is 14.6 Å². The first-order valence-electron chi connectivity index (χ1n) is 10.2. The number of carbonyl (C=O) groups is 3. The first kappa shape index (κ1) is 22.4. The van der Waals surface area contributed by atoms with Crippen LogP contribution in [0.25, 0.3) is 11.8 Å². The number of benzene rings is 2. The van der Waals surface area contributed by atoms with Crippen molar-refractivity contribution in [1.29, 1.82) is 0 Å². The smallest absolute Gasteiger partial charge is 0.337 e. The zero-order valence-corrected chi connectivity index (χ0v) is 19.4. The van der Waals surface area contributed by atoms with Gasteiger partial charge in [0.2, 0.25) is 0 Å². The number of hydrogen-bond acceptors (Lipinski definition) is 4. The van der Waals surface area contributed by atoms with Crippen molar-refractivity contribution < 1.29 is 19.1 Å². The molecule has 7 nitrogen and oxygen atoms in total. The van der Waals surface area contributed by atoms with Crippen LogP contribution in [0.3, 0.4) is 0 Å². The van der Waals surface area contributed by atoms with Crippen LogP contribution in [0.2, 0.25) is 5.02 Å². The predicted octanol–water partition coefficient (Wildman–Crippen LogP) is 4.94. The Labute approximate surface area is 196 Å². The Bertz CT molecular complexity index is 1340. The molecule has 0 saturated carbocycles. The van der Waals surface area contributed by atoms with Gasteiger partial charge in [0.05, 0.1) is 18.4 Å². The van der Waals surface area contributed by atoms with E-state index in [1.165, 1.54) is 7.11 Å². The second-order valence-corrected chi connectivity index (χ2v) is 8.20. The summed E-state index contributed by atoms with van der Waals surface area (Å²) in [7, 11) is 1.35. The molecular weight excluding hydrogens is 442 g/mol. The summed E-state index contributed by atoms with van der Waals surface area (Å²) in [6.07, 6.45) is 1.66. The Morgan fingerprint density at radius 2 is 1.82 bits per heavy atom. The third-order valence-corrected chi connectivity index (χ3v) is 5.82. The highest BCUT2D eigenvalue weighted by molar-refractivity contribution is 6.32. The molecule has 0 unspecified atom stereocenters. The number of nitrogens with zero attached hydrogens (tertiary/aromatic N) is 2. The molecule has 1 aliphatic heterocycles. The molecule has 1 aromatic heterocycles. The Hall–Kier alpha value is -3.84. The molecule has 0 atom stereocenters. The van der Waals surface area contributed by atoms with Gasteiger partial charge >= 0.3 is 12.0 Å². The van der Waals surface area contributed by atoms with E-state index in [1.807, 2.05) is 37.5 Å². The van der Waals surface area contributed by atoms with Crippen LogP contribution in [0.15, 0.2) is 54.2 Å². The number of amides is 3. The minimum absolute atomic E-state index is 0.167. The van der Waals surface area contributed by atoms with Gasteiger partial charge in [0.15, 0.2) is 0 Å². The lowest BCUT2D eigenvalue weighted by atomic mass is 10.1. The third kappa shape index (κ3) is 4.03. The van der Waals surface area contributed by atoms with Crippen molar-refractivity contribution in [3.63, 3.8) is 0 Å². The SMILES string of the molecule is COC(=O)c1ccc(C)c(-n2c(C)cc(/C=C3/NC(=O)N(c4cccc(Cl)c4)C3=O)c2C)c1. The van der Waals surface area contributed by atoms with Crippen molar-refractivity contribution in [3.05, 3.63) is 87.3 Å². The van der Waals surface area contributed by atoms with E-state index in [9.17, 15) is 14.4 Å². The van der Waals surface area contributed by atoms with Crippen molar-refractivity contribution in [2.75, 3.05) is 12.0 Å². The van der Waals surface area contributed by atoms with Crippen molar-refractivity contribution in [2.24, 2.45) is 0 Å². The van der Waals surface area contributed by atoms with E-state index in [4.69, 9.17) is 16.3 Å². The zero-order chi connectivity index (χ0) is 23.9. The number of urea groups is 1. The van der Waals surface area contributed by atoms with Crippen LogP contribution in [0.4, 0.5) is 10.5 Å². The van der Waals surface area contributed by atoms with E-state index in [0.717, 1.165) is 33.1 Å². The molecule has 0 spiro atoms. The summed E-state index contributed by atoms with van der Waals surface area (Å²) in [5.41, 5.74) is 5.35. The molecule has 1 fully saturated rings. The molecule has 1 N–H and O–H groups in total. The molecule has 0 aliphatic carbocycles. The number of methoxy groups -OCH3 is 1. The van der Waals surface area contributed by atoms with Crippen LogP contribution in [0.1, 0.15) is 32.9 Å². The fraction of sp³-hybridized carbons (Fsp3) is 0.160. The minimum atomic E-state index is -0.538. The monoisotopic (exact) mass is 463 g/mol. The standard InChI is InChI=1S/C25H22ClN3O4/c1-14-8-9-17(24(31)33-4)12-22(14)28-15(2)10-18(16(28)3)11-21-23(30)29(25(32)27-21)20-7-5-6-19(26)13-20/h5-13H,1-4H3,(H,27,32)/b21-11+. The molecule has 168 valence electrons. The van der Waals surface area contributed by atoms with Crippen molar-refractivity contribution in [1.82, 2.24) is 9.88 Å². The number of imide groups is 1. The number of carbonyl (C=O) groups excluding carboxylic acids is 3. The number of halogens is 1. The quantitative estimate of drug-likeness (QED) is 0.337. The Morgan fingerprint density at radius 3 is 2.52 bits per heavy atom. The number of aromatic nitrogens is 1. The van der Waals surface area contributed by atoms with Crippen LogP contribution < -0.4 is 10.2 Å². The van der Waals surface area contributed by atoms with Crippen molar-refractivity contribution in [3.8, 4) is 5.69 Å². The van der Waals surface area contributed by atoms with Crippen molar-refractivity contribution >= 4 is 41.3 Å². The van der Waals surface area contributed by atoms with E-state index in [0.29, 0.717) is 16.3 Å². The summed E-state index contributed by atoms with van der Waals surface area (Å²) >= 11 is 6.02. The number of anilines is 1. The van der Waals surface area contributed by atoms with Gasteiger partial charge in [-0.1, -0.05) is 23.7 Å². The molecular formula is C25H22ClN3O4. The molecule has 1 aliphatic rings. The van der Waals surface area contributed by atoms with Crippen LogP contribution in [-0.2, 0) is 9.53 Å². The highest BCUT2D eigenvalue weighted by Crippen LogP contribution is 2.28. The highest BCUT2D eigenvalue weighted by atomic mass is 35.5. The third-order valence-electron chi connectivity index (χ3n) is 5.59. The first-order chi connectivity index (χ1) is 15.7. The molecule has 2 heterocycles.